The van der Waals surface area contributed by atoms with Crippen LogP contribution >= 0.6 is 0 Å². The first-order chi connectivity index (χ1) is 14.0. The number of carbonyl (C=O) groups is 1. The Morgan fingerprint density at radius 3 is 2.90 bits per heavy atom. The van der Waals surface area contributed by atoms with E-state index < -0.39 is 16.6 Å². The SMILES string of the molecule is O=C(O)c1nc2n(n1)-c1ccc([N+](=O)[O-])cc1C1(c3ccccn3)OCCN1C2. The zero-order chi connectivity index (χ0) is 20.2. The van der Waals surface area contributed by atoms with E-state index in [0.29, 0.717) is 35.9 Å². The van der Waals surface area contributed by atoms with Crippen LogP contribution in [0.5, 0.6) is 0 Å². The summed E-state index contributed by atoms with van der Waals surface area (Å²) in [6, 6.07) is 9.70. The molecule has 1 aromatic carbocycles. The average molecular weight is 394 g/mol. The number of aromatic carboxylic acids is 1. The molecule has 146 valence electrons. The Labute approximate surface area is 163 Å². The number of hydrogen-bond donors (Lipinski definition) is 1. The van der Waals surface area contributed by atoms with Crippen LogP contribution in [-0.4, -0.2) is 53.8 Å². The minimum absolute atomic E-state index is 0.114. The van der Waals surface area contributed by atoms with Gasteiger partial charge < -0.3 is 9.84 Å². The Kier molecular flexibility index (Phi) is 3.69. The van der Waals surface area contributed by atoms with Gasteiger partial charge in [-0.1, -0.05) is 6.07 Å². The largest absolute Gasteiger partial charge is 0.475 e. The van der Waals surface area contributed by atoms with Crippen LogP contribution in [0.2, 0.25) is 0 Å². The van der Waals surface area contributed by atoms with E-state index in [1.54, 1.807) is 18.3 Å². The molecule has 0 bridgehead atoms. The van der Waals surface area contributed by atoms with Crippen molar-refractivity contribution in [2.45, 2.75) is 12.3 Å². The second kappa shape index (κ2) is 6.15. The summed E-state index contributed by atoms with van der Waals surface area (Å²) in [6.07, 6.45) is 1.63. The molecule has 0 spiro atoms. The van der Waals surface area contributed by atoms with Gasteiger partial charge in [0.2, 0.25) is 0 Å². The number of nitro benzene ring substituents is 1. The second-order valence-electron chi connectivity index (χ2n) is 6.66. The fourth-order valence-corrected chi connectivity index (χ4v) is 3.92. The summed E-state index contributed by atoms with van der Waals surface area (Å²) in [5.74, 6) is -1.18. The van der Waals surface area contributed by atoms with Gasteiger partial charge in [-0.3, -0.25) is 20.0 Å². The molecule has 0 aliphatic carbocycles. The van der Waals surface area contributed by atoms with Crippen LogP contribution in [0.4, 0.5) is 5.69 Å². The van der Waals surface area contributed by atoms with Gasteiger partial charge in [0.1, 0.15) is 5.82 Å². The van der Waals surface area contributed by atoms with Gasteiger partial charge in [0, 0.05) is 30.4 Å². The number of pyridine rings is 1. The topological polar surface area (TPSA) is 137 Å². The maximum atomic E-state index is 11.5. The molecule has 11 nitrogen and oxygen atoms in total. The van der Waals surface area contributed by atoms with Crippen molar-refractivity contribution in [2.24, 2.45) is 0 Å². The number of aromatic nitrogens is 4. The zero-order valence-corrected chi connectivity index (χ0v) is 14.9. The van der Waals surface area contributed by atoms with Gasteiger partial charge in [0.05, 0.1) is 29.5 Å². The van der Waals surface area contributed by atoms with Crippen LogP contribution in [0.15, 0.2) is 42.6 Å². The monoisotopic (exact) mass is 394 g/mol. The van der Waals surface area contributed by atoms with E-state index in [1.807, 2.05) is 11.0 Å². The summed E-state index contributed by atoms with van der Waals surface area (Å²) in [5.41, 5.74) is 0.207. The minimum atomic E-state index is -1.25. The van der Waals surface area contributed by atoms with Crippen molar-refractivity contribution in [3.8, 4) is 5.69 Å². The van der Waals surface area contributed by atoms with Crippen LogP contribution in [0, 0.1) is 10.1 Å². The van der Waals surface area contributed by atoms with Gasteiger partial charge in [-0.05, 0) is 18.2 Å². The highest BCUT2D eigenvalue weighted by Crippen LogP contribution is 2.45. The Hall–Kier alpha value is -3.70. The summed E-state index contributed by atoms with van der Waals surface area (Å²) in [4.78, 5) is 32.9. The molecule has 2 aliphatic heterocycles. The van der Waals surface area contributed by atoms with E-state index in [-0.39, 0.29) is 18.1 Å². The van der Waals surface area contributed by atoms with Gasteiger partial charge in [0.25, 0.3) is 11.5 Å². The normalized spacial score (nSPS) is 20.4. The number of non-ortho nitro benzene ring substituents is 1. The van der Waals surface area contributed by atoms with E-state index >= 15 is 0 Å². The lowest BCUT2D eigenvalue weighted by Crippen LogP contribution is -2.43. The first kappa shape index (κ1) is 17.4. The molecule has 1 atom stereocenters. The summed E-state index contributed by atoms with van der Waals surface area (Å²) in [6.45, 7) is 1.12. The van der Waals surface area contributed by atoms with Crippen LogP contribution in [-0.2, 0) is 17.0 Å². The van der Waals surface area contributed by atoms with Gasteiger partial charge in [-0.2, -0.15) is 0 Å². The smallest absolute Gasteiger partial charge is 0.375 e. The van der Waals surface area contributed by atoms with Crippen molar-refractivity contribution >= 4 is 11.7 Å². The maximum absolute atomic E-state index is 11.5. The first-order valence-electron chi connectivity index (χ1n) is 8.80. The lowest BCUT2D eigenvalue weighted by atomic mass is 9.95. The first-order valence-corrected chi connectivity index (χ1v) is 8.80. The molecule has 1 N–H and O–H groups in total. The van der Waals surface area contributed by atoms with Crippen molar-refractivity contribution in [3.05, 3.63) is 75.6 Å². The van der Waals surface area contributed by atoms with Crippen molar-refractivity contribution in [1.82, 2.24) is 24.6 Å². The minimum Gasteiger partial charge on any atom is -0.475 e. The molecule has 0 radical (unpaired) electrons. The molecule has 29 heavy (non-hydrogen) atoms. The number of fused-ring (bicyclic) bond motifs is 5. The van der Waals surface area contributed by atoms with Crippen molar-refractivity contribution in [1.29, 1.82) is 0 Å². The highest BCUT2D eigenvalue weighted by Gasteiger charge is 2.51. The van der Waals surface area contributed by atoms with Gasteiger partial charge in [-0.15, -0.1) is 5.10 Å². The third kappa shape index (κ3) is 2.45. The molecule has 1 fully saturated rings. The lowest BCUT2D eigenvalue weighted by Gasteiger charge is -2.35. The molecule has 4 heterocycles. The molecule has 1 saturated heterocycles. The second-order valence-corrected chi connectivity index (χ2v) is 6.66. The fourth-order valence-electron chi connectivity index (χ4n) is 3.92. The predicted molar refractivity (Wildman–Crippen MR) is 96.4 cm³/mol. The molecule has 3 aromatic rings. The Bertz CT molecular complexity index is 1150. The standard InChI is InChI=1S/C18H14N6O5/c25-17(26)16-20-15-10-22-7-8-29-18(22,14-3-1-2-6-19-14)12-9-11(24(27)28)4-5-13(12)23(15)21-16/h1-6,9H,7-8,10H2,(H,25,26). The van der Waals surface area contributed by atoms with Crippen molar-refractivity contribution in [2.75, 3.05) is 13.2 Å². The highest BCUT2D eigenvalue weighted by molar-refractivity contribution is 5.83. The predicted octanol–water partition coefficient (Wildman–Crippen LogP) is 1.32. The molecule has 11 heteroatoms. The Balaban J connectivity index is 1.84. The molecule has 0 saturated carbocycles. The number of carboxylic acid groups (broad SMARTS) is 1. The average Bonchev–Trinajstić information content (AvgIpc) is 3.32. The van der Waals surface area contributed by atoms with Gasteiger partial charge in [0.15, 0.2) is 5.72 Å². The highest BCUT2D eigenvalue weighted by atomic mass is 16.6. The number of ether oxygens (including phenoxy) is 1. The number of carboxylic acids is 1. The molecule has 5 rings (SSSR count). The number of rotatable bonds is 3. The Morgan fingerprint density at radius 2 is 2.17 bits per heavy atom. The Morgan fingerprint density at radius 1 is 1.31 bits per heavy atom. The molecular weight excluding hydrogens is 380 g/mol. The summed E-state index contributed by atoms with van der Waals surface area (Å²) >= 11 is 0. The van der Waals surface area contributed by atoms with Crippen molar-refractivity contribution in [3.63, 3.8) is 0 Å². The molecular formula is C18H14N6O5. The van der Waals surface area contributed by atoms with Crippen LogP contribution in [0.1, 0.15) is 27.7 Å². The number of benzene rings is 1. The molecule has 0 amide bonds. The fraction of sp³-hybridized carbons (Fsp3) is 0.222. The molecule has 1 unspecified atom stereocenters. The number of hydrogen-bond acceptors (Lipinski definition) is 8. The maximum Gasteiger partial charge on any atom is 0.375 e. The zero-order valence-electron chi connectivity index (χ0n) is 14.9. The van der Waals surface area contributed by atoms with E-state index in [1.165, 1.54) is 22.9 Å². The summed E-state index contributed by atoms with van der Waals surface area (Å²) in [7, 11) is 0. The van der Waals surface area contributed by atoms with Crippen LogP contribution in [0.25, 0.3) is 5.69 Å². The summed E-state index contributed by atoms with van der Waals surface area (Å²) < 4.78 is 7.62. The number of nitrogens with zero attached hydrogens (tertiary/aromatic N) is 6. The van der Waals surface area contributed by atoms with Crippen LogP contribution < -0.4 is 0 Å². The molecule has 2 aromatic heterocycles. The van der Waals surface area contributed by atoms with Crippen molar-refractivity contribution < 1.29 is 19.6 Å². The van der Waals surface area contributed by atoms with Crippen LogP contribution in [0.3, 0.4) is 0 Å². The van der Waals surface area contributed by atoms with E-state index in [0.717, 1.165) is 0 Å². The summed E-state index contributed by atoms with van der Waals surface area (Å²) in [5, 5.41) is 24.9. The number of nitro groups is 1. The quantitative estimate of drug-likeness (QED) is 0.515. The van der Waals surface area contributed by atoms with E-state index in [2.05, 4.69) is 15.1 Å². The molecule has 2 aliphatic rings. The van der Waals surface area contributed by atoms with E-state index in [4.69, 9.17) is 4.74 Å². The third-order valence-corrected chi connectivity index (χ3v) is 5.11. The van der Waals surface area contributed by atoms with Gasteiger partial charge >= 0.3 is 5.97 Å². The lowest BCUT2D eigenvalue weighted by molar-refractivity contribution is -0.385. The van der Waals surface area contributed by atoms with Gasteiger partial charge in [-0.25, -0.2) is 14.5 Å². The van der Waals surface area contributed by atoms with E-state index in [9.17, 15) is 20.0 Å². The third-order valence-electron chi connectivity index (χ3n) is 5.11.